The zero-order valence-electron chi connectivity index (χ0n) is 12.4. The van der Waals surface area contributed by atoms with Crippen LogP contribution in [0.2, 0.25) is 0 Å². The molecule has 0 radical (unpaired) electrons. The average Bonchev–Trinajstić information content (AvgIpc) is 2.65. The highest BCUT2D eigenvalue weighted by Crippen LogP contribution is 2.28. The third-order valence-electron chi connectivity index (χ3n) is 4.24. The van der Waals surface area contributed by atoms with Crippen molar-refractivity contribution in [3.05, 3.63) is 23.8 Å². The van der Waals surface area contributed by atoms with Crippen LogP contribution in [0.4, 0.5) is 11.4 Å². The lowest BCUT2D eigenvalue weighted by atomic mass is 9.96. The smallest absolute Gasteiger partial charge is 0.251 e. The lowest BCUT2D eigenvalue weighted by molar-refractivity contribution is 0.0963. The number of nitrogens with one attached hydrogen (secondary N) is 2. The highest BCUT2D eigenvalue weighted by molar-refractivity contribution is 5.96. The number of nitrogens with two attached hydrogens (primary N) is 1. The molecular formula is C16H25N3O. The first kappa shape index (κ1) is 14.7. The van der Waals surface area contributed by atoms with Crippen LogP contribution in [0, 0.1) is 5.92 Å². The van der Waals surface area contributed by atoms with Gasteiger partial charge >= 0.3 is 0 Å². The van der Waals surface area contributed by atoms with Gasteiger partial charge < -0.3 is 16.4 Å². The molecule has 0 spiro atoms. The lowest BCUT2D eigenvalue weighted by Crippen LogP contribution is -2.27. The molecule has 1 amide bonds. The summed E-state index contributed by atoms with van der Waals surface area (Å²) in [7, 11) is 1.64. The van der Waals surface area contributed by atoms with Gasteiger partial charge in [0.25, 0.3) is 5.91 Å². The monoisotopic (exact) mass is 275 g/mol. The molecule has 0 saturated heterocycles. The summed E-state index contributed by atoms with van der Waals surface area (Å²) in [5.41, 5.74) is 8.26. The molecule has 2 atom stereocenters. The standard InChI is InChI=1S/C16H25N3O/c1-11-6-4-3-5-7-14(11)19-15-10-12(16(20)18-2)8-9-13(15)17/h8-11,14,19H,3-7,17H2,1-2H3,(H,18,20). The van der Waals surface area contributed by atoms with Gasteiger partial charge in [0.1, 0.15) is 0 Å². The van der Waals surface area contributed by atoms with E-state index in [1.54, 1.807) is 19.2 Å². The van der Waals surface area contributed by atoms with E-state index < -0.39 is 0 Å². The zero-order chi connectivity index (χ0) is 14.5. The highest BCUT2D eigenvalue weighted by atomic mass is 16.1. The van der Waals surface area contributed by atoms with Crippen molar-refractivity contribution < 1.29 is 4.79 Å². The third-order valence-corrected chi connectivity index (χ3v) is 4.24. The first-order valence-corrected chi connectivity index (χ1v) is 7.50. The van der Waals surface area contributed by atoms with Gasteiger partial charge in [0.2, 0.25) is 0 Å². The van der Waals surface area contributed by atoms with Crippen molar-refractivity contribution in [2.45, 2.75) is 45.1 Å². The van der Waals surface area contributed by atoms with Gasteiger partial charge in [-0.1, -0.05) is 26.2 Å². The molecule has 0 bridgehead atoms. The van der Waals surface area contributed by atoms with Crippen LogP contribution < -0.4 is 16.4 Å². The Bertz CT molecular complexity index is 473. The Labute approximate surface area is 121 Å². The minimum absolute atomic E-state index is 0.0815. The van der Waals surface area contributed by atoms with E-state index in [0.717, 1.165) is 5.69 Å². The predicted octanol–water partition coefficient (Wildman–Crippen LogP) is 3.01. The number of hydrogen-bond acceptors (Lipinski definition) is 3. The molecule has 20 heavy (non-hydrogen) atoms. The van der Waals surface area contributed by atoms with Crippen LogP contribution in [0.3, 0.4) is 0 Å². The Balaban J connectivity index is 2.16. The Morgan fingerprint density at radius 1 is 1.25 bits per heavy atom. The van der Waals surface area contributed by atoms with Crippen LogP contribution in [0.15, 0.2) is 18.2 Å². The van der Waals surface area contributed by atoms with Gasteiger partial charge in [-0.05, 0) is 37.0 Å². The van der Waals surface area contributed by atoms with Gasteiger partial charge in [0, 0.05) is 18.7 Å². The number of carbonyl (C=O) groups excluding carboxylic acids is 1. The average molecular weight is 275 g/mol. The molecule has 1 aromatic rings. The number of anilines is 2. The molecular weight excluding hydrogens is 250 g/mol. The number of amides is 1. The maximum absolute atomic E-state index is 11.7. The Hall–Kier alpha value is -1.71. The molecule has 4 nitrogen and oxygen atoms in total. The van der Waals surface area contributed by atoms with E-state index in [-0.39, 0.29) is 5.91 Å². The van der Waals surface area contributed by atoms with Gasteiger partial charge in [-0.2, -0.15) is 0 Å². The maximum Gasteiger partial charge on any atom is 0.251 e. The molecule has 0 aromatic heterocycles. The molecule has 1 aliphatic rings. The lowest BCUT2D eigenvalue weighted by Gasteiger charge is -2.25. The van der Waals surface area contributed by atoms with Crippen molar-refractivity contribution in [3.8, 4) is 0 Å². The van der Waals surface area contributed by atoms with E-state index in [9.17, 15) is 4.79 Å². The summed E-state index contributed by atoms with van der Waals surface area (Å²) in [5.74, 6) is 0.558. The van der Waals surface area contributed by atoms with Crippen LogP contribution in [0.1, 0.15) is 49.4 Å². The molecule has 1 saturated carbocycles. The molecule has 1 aliphatic carbocycles. The molecule has 2 unspecified atom stereocenters. The number of benzene rings is 1. The summed E-state index contributed by atoms with van der Waals surface area (Å²) in [6.07, 6.45) is 6.32. The SMILES string of the molecule is CNC(=O)c1ccc(N)c(NC2CCCCCC2C)c1. The summed E-state index contributed by atoms with van der Waals surface area (Å²) < 4.78 is 0. The first-order valence-electron chi connectivity index (χ1n) is 7.50. The summed E-state index contributed by atoms with van der Waals surface area (Å²) >= 11 is 0. The first-order chi connectivity index (χ1) is 9.61. The van der Waals surface area contributed by atoms with Crippen molar-refractivity contribution in [3.63, 3.8) is 0 Å². The molecule has 0 aliphatic heterocycles. The minimum atomic E-state index is -0.0815. The summed E-state index contributed by atoms with van der Waals surface area (Å²) in [5, 5.41) is 6.20. The maximum atomic E-state index is 11.7. The second-order valence-corrected chi connectivity index (χ2v) is 5.75. The van der Waals surface area contributed by atoms with Crippen LogP contribution in [-0.2, 0) is 0 Å². The van der Waals surface area contributed by atoms with Gasteiger partial charge in [-0.25, -0.2) is 0 Å². The third kappa shape index (κ3) is 3.44. The molecule has 4 heteroatoms. The normalized spacial score (nSPS) is 22.9. The highest BCUT2D eigenvalue weighted by Gasteiger charge is 2.20. The topological polar surface area (TPSA) is 67.2 Å². The Morgan fingerprint density at radius 3 is 2.75 bits per heavy atom. The van der Waals surface area contributed by atoms with Crippen LogP contribution >= 0.6 is 0 Å². The second-order valence-electron chi connectivity index (χ2n) is 5.75. The molecule has 110 valence electrons. The second kappa shape index (κ2) is 6.64. The fraction of sp³-hybridized carbons (Fsp3) is 0.562. The Kier molecular flexibility index (Phi) is 4.88. The number of carbonyl (C=O) groups is 1. The largest absolute Gasteiger partial charge is 0.397 e. The van der Waals surface area contributed by atoms with Crippen molar-refractivity contribution in [2.24, 2.45) is 5.92 Å². The van der Waals surface area contributed by atoms with E-state index in [4.69, 9.17) is 5.73 Å². The molecule has 2 rings (SSSR count). The predicted molar refractivity (Wildman–Crippen MR) is 83.9 cm³/mol. The van der Waals surface area contributed by atoms with Crippen LogP contribution in [0.5, 0.6) is 0 Å². The van der Waals surface area contributed by atoms with E-state index in [1.807, 2.05) is 6.07 Å². The molecule has 1 aromatic carbocycles. The van der Waals surface area contributed by atoms with Crippen LogP contribution in [-0.4, -0.2) is 19.0 Å². The van der Waals surface area contributed by atoms with E-state index >= 15 is 0 Å². The van der Waals surface area contributed by atoms with Crippen molar-refractivity contribution in [1.29, 1.82) is 0 Å². The summed E-state index contributed by atoms with van der Waals surface area (Å²) in [4.78, 5) is 11.7. The number of rotatable bonds is 3. The van der Waals surface area contributed by atoms with Gasteiger partial charge in [0.15, 0.2) is 0 Å². The van der Waals surface area contributed by atoms with Crippen molar-refractivity contribution >= 4 is 17.3 Å². The fourth-order valence-corrected chi connectivity index (χ4v) is 2.87. The van der Waals surface area contributed by atoms with Gasteiger partial charge in [0.05, 0.1) is 11.4 Å². The zero-order valence-corrected chi connectivity index (χ0v) is 12.4. The van der Waals surface area contributed by atoms with Crippen molar-refractivity contribution in [1.82, 2.24) is 5.32 Å². The molecule has 4 N–H and O–H groups in total. The molecule has 0 heterocycles. The van der Waals surface area contributed by atoms with E-state index in [2.05, 4.69) is 17.6 Å². The van der Waals surface area contributed by atoms with Gasteiger partial charge in [-0.15, -0.1) is 0 Å². The Morgan fingerprint density at radius 2 is 2.00 bits per heavy atom. The summed E-state index contributed by atoms with van der Waals surface area (Å²) in [6.45, 7) is 2.29. The summed E-state index contributed by atoms with van der Waals surface area (Å²) in [6, 6.07) is 5.86. The minimum Gasteiger partial charge on any atom is -0.397 e. The van der Waals surface area contributed by atoms with Crippen LogP contribution in [0.25, 0.3) is 0 Å². The van der Waals surface area contributed by atoms with E-state index in [1.165, 1.54) is 32.1 Å². The number of hydrogen-bond donors (Lipinski definition) is 3. The quantitative estimate of drug-likeness (QED) is 0.587. The number of nitrogen functional groups attached to an aromatic ring is 1. The molecule has 1 fully saturated rings. The van der Waals surface area contributed by atoms with Gasteiger partial charge in [-0.3, -0.25) is 4.79 Å². The van der Waals surface area contributed by atoms with Crippen molar-refractivity contribution in [2.75, 3.05) is 18.1 Å². The van der Waals surface area contributed by atoms with E-state index in [0.29, 0.717) is 23.2 Å². The fourth-order valence-electron chi connectivity index (χ4n) is 2.87.